The normalized spacial score (nSPS) is 12.0. The van der Waals surface area contributed by atoms with Crippen molar-refractivity contribution < 1.29 is 19.3 Å². The van der Waals surface area contributed by atoms with Crippen LogP contribution in [0.15, 0.2) is 24.5 Å². The van der Waals surface area contributed by atoms with Gasteiger partial charge in [0.25, 0.3) is 0 Å². The first-order valence-corrected chi connectivity index (χ1v) is 8.03. The van der Waals surface area contributed by atoms with Gasteiger partial charge in [0.2, 0.25) is 5.75 Å². The van der Waals surface area contributed by atoms with Gasteiger partial charge in [-0.25, -0.2) is 4.98 Å². The number of rotatable bonds is 8. The fraction of sp³-hybridized carbons (Fsp3) is 0.444. The molecule has 2 N–H and O–H groups in total. The minimum absolute atomic E-state index is 0.0357. The summed E-state index contributed by atoms with van der Waals surface area (Å²) >= 11 is 0. The third-order valence-electron chi connectivity index (χ3n) is 3.95. The van der Waals surface area contributed by atoms with E-state index < -0.39 is 0 Å². The van der Waals surface area contributed by atoms with Gasteiger partial charge in [-0.2, -0.15) is 0 Å². The van der Waals surface area contributed by atoms with Crippen LogP contribution in [0.4, 0.5) is 5.82 Å². The number of hydrogen-bond acceptors (Lipinski definition) is 7. The van der Waals surface area contributed by atoms with Crippen molar-refractivity contribution in [3.05, 3.63) is 24.5 Å². The van der Waals surface area contributed by atoms with Crippen molar-refractivity contribution in [2.24, 2.45) is 5.92 Å². The zero-order chi connectivity index (χ0) is 18.4. The molecule has 1 aromatic heterocycles. The van der Waals surface area contributed by atoms with Gasteiger partial charge in [0.05, 0.1) is 52.1 Å². The molecule has 0 aliphatic rings. The van der Waals surface area contributed by atoms with Gasteiger partial charge < -0.3 is 24.6 Å². The molecule has 0 aliphatic heterocycles. The van der Waals surface area contributed by atoms with Crippen LogP contribution in [-0.4, -0.2) is 49.1 Å². The Balaban J connectivity index is 2.30. The number of aliphatic hydroxyl groups is 1. The van der Waals surface area contributed by atoms with Crippen LogP contribution in [0.1, 0.15) is 13.8 Å². The van der Waals surface area contributed by atoms with Crippen LogP contribution in [-0.2, 0) is 0 Å². The highest BCUT2D eigenvalue weighted by atomic mass is 16.5. The van der Waals surface area contributed by atoms with Crippen molar-refractivity contribution in [2.75, 3.05) is 33.3 Å². The van der Waals surface area contributed by atoms with Crippen LogP contribution in [0, 0.1) is 5.92 Å². The van der Waals surface area contributed by atoms with Gasteiger partial charge in [0.1, 0.15) is 5.82 Å². The van der Waals surface area contributed by atoms with Gasteiger partial charge in [-0.15, -0.1) is 0 Å². The third-order valence-corrected chi connectivity index (χ3v) is 3.95. The highest BCUT2D eigenvalue weighted by Gasteiger charge is 2.16. The molecule has 0 aliphatic carbocycles. The highest BCUT2D eigenvalue weighted by molar-refractivity contribution is 5.68. The Hall–Kier alpha value is -2.54. The molecule has 0 saturated carbocycles. The number of aromatic nitrogens is 2. The molecule has 0 fully saturated rings. The lowest BCUT2D eigenvalue weighted by molar-refractivity contribution is 0.249. The summed E-state index contributed by atoms with van der Waals surface area (Å²) in [6.07, 6.45) is 3.31. The van der Waals surface area contributed by atoms with Gasteiger partial charge in [-0.1, -0.05) is 13.8 Å². The zero-order valence-electron chi connectivity index (χ0n) is 15.2. The number of nitrogens with zero attached hydrogens (tertiary/aromatic N) is 2. The number of anilines is 1. The molecule has 0 amide bonds. The van der Waals surface area contributed by atoms with E-state index in [1.807, 2.05) is 26.0 Å². The summed E-state index contributed by atoms with van der Waals surface area (Å²) in [6.45, 7) is 4.10. The van der Waals surface area contributed by atoms with Gasteiger partial charge in [-0.05, 0) is 18.1 Å². The summed E-state index contributed by atoms with van der Waals surface area (Å²) in [5, 5.41) is 12.6. The number of aliphatic hydroxyl groups excluding tert-OH is 1. The second kappa shape index (κ2) is 8.53. The zero-order valence-corrected chi connectivity index (χ0v) is 15.2. The molecule has 25 heavy (non-hydrogen) atoms. The van der Waals surface area contributed by atoms with Crippen molar-refractivity contribution in [3.8, 4) is 28.5 Å². The second-order valence-electron chi connectivity index (χ2n) is 5.88. The number of benzene rings is 1. The summed E-state index contributed by atoms with van der Waals surface area (Å²) in [6, 6.07) is 3.58. The average Bonchev–Trinajstić information content (AvgIpc) is 2.64. The lowest BCUT2D eigenvalue weighted by atomic mass is 10.1. The molecule has 1 aromatic carbocycles. The monoisotopic (exact) mass is 347 g/mol. The van der Waals surface area contributed by atoms with Crippen LogP contribution >= 0.6 is 0 Å². The topological polar surface area (TPSA) is 85.7 Å². The Labute approximate surface area is 148 Å². The molecule has 1 heterocycles. The summed E-state index contributed by atoms with van der Waals surface area (Å²) in [4.78, 5) is 8.82. The van der Waals surface area contributed by atoms with Crippen LogP contribution in [0.2, 0.25) is 0 Å². The predicted molar refractivity (Wildman–Crippen MR) is 96.5 cm³/mol. The van der Waals surface area contributed by atoms with E-state index in [0.717, 1.165) is 5.56 Å². The molecule has 2 aromatic rings. The maximum Gasteiger partial charge on any atom is 0.203 e. The van der Waals surface area contributed by atoms with Crippen LogP contribution in [0.5, 0.6) is 17.2 Å². The molecule has 136 valence electrons. The van der Waals surface area contributed by atoms with E-state index in [1.54, 1.807) is 33.7 Å². The number of hydrogen-bond donors (Lipinski definition) is 2. The van der Waals surface area contributed by atoms with Crippen molar-refractivity contribution in [3.63, 3.8) is 0 Å². The maximum atomic E-state index is 9.40. The van der Waals surface area contributed by atoms with Crippen molar-refractivity contribution >= 4 is 5.82 Å². The number of ether oxygens (including phenoxy) is 3. The molecule has 0 unspecified atom stereocenters. The Kier molecular flexibility index (Phi) is 6.41. The molecule has 7 nitrogen and oxygen atoms in total. The van der Waals surface area contributed by atoms with E-state index in [1.165, 1.54) is 0 Å². The van der Waals surface area contributed by atoms with Crippen LogP contribution in [0.25, 0.3) is 11.3 Å². The number of methoxy groups -OCH3 is 3. The second-order valence-corrected chi connectivity index (χ2v) is 5.88. The maximum absolute atomic E-state index is 9.40. The van der Waals surface area contributed by atoms with Crippen LogP contribution in [0.3, 0.4) is 0 Å². The fourth-order valence-electron chi connectivity index (χ4n) is 2.39. The fourth-order valence-corrected chi connectivity index (χ4v) is 2.39. The lowest BCUT2D eigenvalue weighted by Gasteiger charge is -2.20. The van der Waals surface area contributed by atoms with E-state index in [9.17, 15) is 5.11 Å². The van der Waals surface area contributed by atoms with E-state index in [4.69, 9.17) is 14.2 Å². The van der Waals surface area contributed by atoms with E-state index in [-0.39, 0.29) is 18.6 Å². The molecule has 0 saturated heterocycles. The van der Waals surface area contributed by atoms with E-state index >= 15 is 0 Å². The first kappa shape index (κ1) is 18.8. The van der Waals surface area contributed by atoms with Gasteiger partial charge in [0, 0.05) is 5.56 Å². The minimum atomic E-state index is -0.0682. The summed E-state index contributed by atoms with van der Waals surface area (Å²) in [5.74, 6) is 2.54. The SMILES string of the molecule is COc1cc(-c2cnc(N[C@@H](CO)C(C)C)cn2)cc(OC)c1OC. The molecule has 0 spiro atoms. The van der Waals surface area contributed by atoms with Crippen molar-refractivity contribution in [2.45, 2.75) is 19.9 Å². The van der Waals surface area contributed by atoms with Crippen molar-refractivity contribution in [1.29, 1.82) is 0 Å². The molecule has 7 heteroatoms. The highest BCUT2D eigenvalue weighted by Crippen LogP contribution is 2.40. The first-order chi connectivity index (χ1) is 12.0. The molecule has 1 atom stereocenters. The third kappa shape index (κ3) is 4.30. The molecule has 0 bridgehead atoms. The standard InChI is InChI=1S/C18H25N3O4/c1-11(2)14(10-22)21-17-9-19-13(8-20-17)12-6-15(23-3)18(25-5)16(7-12)24-4/h6-9,11,14,22H,10H2,1-5H3,(H,20,21)/t14-/m0/s1. The molecular formula is C18H25N3O4. The largest absolute Gasteiger partial charge is 0.493 e. The molecule has 0 radical (unpaired) electrons. The lowest BCUT2D eigenvalue weighted by Crippen LogP contribution is -2.29. The minimum Gasteiger partial charge on any atom is -0.493 e. The molecular weight excluding hydrogens is 322 g/mol. The Morgan fingerprint density at radius 3 is 2.04 bits per heavy atom. The first-order valence-electron chi connectivity index (χ1n) is 8.03. The van der Waals surface area contributed by atoms with Gasteiger partial charge in [0.15, 0.2) is 11.5 Å². The van der Waals surface area contributed by atoms with E-state index in [2.05, 4.69) is 15.3 Å². The summed E-state index contributed by atoms with van der Waals surface area (Å²) < 4.78 is 16.1. The predicted octanol–water partition coefficient (Wildman–Crippen LogP) is 2.60. The smallest absolute Gasteiger partial charge is 0.203 e. The average molecular weight is 347 g/mol. The quantitative estimate of drug-likeness (QED) is 0.759. The summed E-state index contributed by atoms with van der Waals surface area (Å²) in [7, 11) is 4.70. The van der Waals surface area contributed by atoms with Gasteiger partial charge in [-0.3, -0.25) is 4.98 Å². The molecule has 2 rings (SSSR count). The Morgan fingerprint density at radius 2 is 1.64 bits per heavy atom. The van der Waals surface area contributed by atoms with E-state index in [0.29, 0.717) is 28.8 Å². The van der Waals surface area contributed by atoms with Crippen molar-refractivity contribution in [1.82, 2.24) is 9.97 Å². The Morgan fingerprint density at radius 1 is 1.00 bits per heavy atom. The summed E-state index contributed by atoms with van der Waals surface area (Å²) in [5.41, 5.74) is 1.48. The van der Waals surface area contributed by atoms with Gasteiger partial charge >= 0.3 is 0 Å². The number of nitrogens with one attached hydrogen (secondary N) is 1. The van der Waals surface area contributed by atoms with Crippen LogP contribution < -0.4 is 19.5 Å². The Bertz CT molecular complexity index is 664.